The molecule has 0 atom stereocenters. The van der Waals surface area contributed by atoms with E-state index in [1.807, 2.05) is 42.2 Å². The Morgan fingerprint density at radius 2 is 1.87 bits per heavy atom. The molecule has 3 heterocycles. The first-order chi connectivity index (χ1) is 11.2. The molecule has 1 aliphatic rings. The number of benzene rings is 1. The van der Waals surface area contributed by atoms with E-state index in [2.05, 4.69) is 19.9 Å². The zero-order valence-corrected chi connectivity index (χ0v) is 13.5. The minimum atomic E-state index is 0.682. The van der Waals surface area contributed by atoms with E-state index in [1.54, 1.807) is 0 Å². The Hall–Kier alpha value is -2.18. The van der Waals surface area contributed by atoms with E-state index in [0.717, 1.165) is 54.7 Å². The molecule has 4 rings (SSSR count). The van der Waals surface area contributed by atoms with Crippen molar-refractivity contribution in [1.29, 1.82) is 0 Å². The number of aryl methyl sites for hydroxylation is 1. The third kappa shape index (κ3) is 2.64. The van der Waals surface area contributed by atoms with Gasteiger partial charge in [-0.2, -0.15) is 0 Å². The maximum atomic E-state index is 6.04. The summed E-state index contributed by atoms with van der Waals surface area (Å²) in [6.45, 7) is 3.08. The summed E-state index contributed by atoms with van der Waals surface area (Å²) < 4.78 is 7.38. The minimum Gasteiger partial charge on any atom is -0.378 e. The number of hydrogen-bond acceptors (Lipinski definition) is 5. The molecule has 0 bridgehead atoms. The van der Waals surface area contributed by atoms with Crippen LogP contribution in [0, 0.1) is 0 Å². The van der Waals surface area contributed by atoms with Crippen molar-refractivity contribution in [3.05, 3.63) is 35.6 Å². The van der Waals surface area contributed by atoms with Crippen LogP contribution < -0.4 is 4.90 Å². The number of hydrogen-bond donors (Lipinski definition) is 0. The highest BCUT2D eigenvalue weighted by atomic mass is 35.5. The van der Waals surface area contributed by atoms with E-state index in [4.69, 9.17) is 16.3 Å². The number of morpholine rings is 1. The summed E-state index contributed by atoms with van der Waals surface area (Å²) in [5.74, 6) is 1.56. The van der Waals surface area contributed by atoms with Gasteiger partial charge < -0.3 is 14.2 Å². The van der Waals surface area contributed by atoms with E-state index in [9.17, 15) is 0 Å². The fourth-order valence-corrected chi connectivity index (χ4v) is 2.96. The van der Waals surface area contributed by atoms with E-state index >= 15 is 0 Å². The number of ether oxygens (including phenoxy) is 1. The number of imidazole rings is 1. The van der Waals surface area contributed by atoms with Crippen LogP contribution in [-0.2, 0) is 11.8 Å². The van der Waals surface area contributed by atoms with Crippen LogP contribution in [0.3, 0.4) is 0 Å². The molecule has 118 valence electrons. The summed E-state index contributed by atoms with van der Waals surface area (Å²) in [7, 11) is 1.98. The fourth-order valence-electron chi connectivity index (χ4n) is 2.79. The SMILES string of the molecule is Cn1c(-c2cnc(N3CCOCC3)nc2)nc2cc(Cl)ccc21. The zero-order chi connectivity index (χ0) is 15.8. The zero-order valence-electron chi connectivity index (χ0n) is 12.7. The second kappa shape index (κ2) is 5.79. The predicted molar refractivity (Wildman–Crippen MR) is 89.8 cm³/mol. The van der Waals surface area contributed by atoms with Gasteiger partial charge in [0.1, 0.15) is 5.82 Å². The number of aromatic nitrogens is 4. The monoisotopic (exact) mass is 329 g/mol. The van der Waals surface area contributed by atoms with Crippen molar-refractivity contribution in [3.63, 3.8) is 0 Å². The standard InChI is InChI=1S/C16H16ClN5O/c1-21-14-3-2-12(17)8-13(14)20-15(21)11-9-18-16(19-10-11)22-4-6-23-7-5-22/h2-3,8-10H,4-7H2,1H3. The smallest absolute Gasteiger partial charge is 0.225 e. The highest BCUT2D eigenvalue weighted by Gasteiger charge is 2.15. The quantitative estimate of drug-likeness (QED) is 0.723. The first-order valence-corrected chi connectivity index (χ1v) is 7.87. The lowest BCUT2D eigenvalue weighted by atomic mass is 10.3. The molecule has 1 fully saturated rings. The Labute approximate surface area is 138 Å². The van der Waals surface area contributed by atoms with Crippen molar-refractivity contribution in [2.45, 2.75) is 0 Å². The summed E-state index contributed by atoms with van der Waals surface area (Å²) in [6, 6.07) is 5.70. The lowest BCUT2D eigenvalue weighted by Gasteiger charge is -2.26. The number of nitrogens with zero attached hydrogens (tertiary/aromatic N) is 5. The van der Waals surface area contributed by atoms with Gasteiger partial charge in [0.2, 0.25) is 5.95 Å². The Balaban J connectivity index is 1.69. The topological polar surface area (TPSA) is 56.1 Å². The van der Waals surface area contributed by atoms with Crippen molar-refractivity contribution in [1.82, 2.24) is 19.5 Å². The second-order valence-electron chi connectivity index (χ2n) is 5.50. The molecule has 0 radical (unpaired) electrons. The van der Waals surface area contributed by atoms with Gasteiger partial charge in [0.05, 0.1) is 29.8 Å². The normalized spacial score (nSPS) is 15.3. The van der Waals surface area contributed by atoms with Crippen LogP contribution in [0.5, 0.6) is 0 Å². The van der Waals surface area contributed by atoms with E-state index < -0.39 is 0 Å². The molecule has 2 aromatic heterocycles. The van der Waals surface area contributed by atoms with Gasteiger partial charge in [0.25, 0.3) is 0 Å². The molecule has 0 spiro atoms. The highest BCUT2D eigenvalue weighted by molar-refractivity contribution is 6.31. The number of anilines is 1. The van der Waals surface area contributed by atoms with Crippen molar-refractivity contribution in [3.8, 4) is 11.4 Å². The highest BCUT2D eigenvalue weighted by Crippen LogP contribution is 2.25. The lowest BCUT2D eigenvalue weighted by molar-refractivity contribution is 0.122. The van der Waals surface area contributed by atoms with Gasteiger partial charge in [-0.05, 0) is 18.2 Å². The second-order valence-corrected chi connectivity index (χ2v) is 5.94. The molecule has 23 heavy (non-hydrogen) atoms. The van der Waals surface area contributed by atoms with Crippen LogP contribution in [-0.4, -0.2) is 45.8 Å². The van der Waals surface area contributed by atoms with E-state index in [1.165, 1.54) is 0 Å². The molecule has 7 heteroatoms. The van der Waals surface area contributed by atoms with Gasteiger partial charge >= 0.3 is 0 Å². The summed E-state index contributed by atoms with van der Waals surface area (Å²) in [4.78, 5) is 15.8. The molecule has 1 aromatic carbocycles. The summed E-state index contributed by atoms with van der Waals surface area (Å²) in [5, 5.41) is 0.682. The van der Waals surface area contributed by atoms with Gasteiger partial charge in [-0.15, -0.1) is 0 Å². The van der Waals surface area contributed by atoms with Gasteiger partial charge in [-0.3, -0.25) is 0 Å². The van der Waals surface area contributed by atoms with Crippen LogP contribution >= 0.6 is 11.6 Å². The molecule has 0 aliphatic carbocycles. The van der Waals surface area contributed by atoms with Crippen molar-refractivity contribution in [2.75, 3.05) is 31.2 Å². The predicted octanol–water partition coefficient (Wildman–Crippen LogP) is 2.52. The third-order valence-electron chi connectivity index (χ3n) is 4.03. The Morgan fingerprint density at radius 1 is 1.13 bits per heavy atom. The van der Waals surface area contributed by atoms with E-state index in [-0.39, 0.29) is 0 Å². The van der Waals surface area contributed by atoms with Gasteiger partial charge in [-0.1, -0.05) is 11.6 Å². The third-order valence-corrected chi connectivity index (χ3v) is 4.27. The van der Waals surface area contributed by atoms with Crippen LogP contribution in [0.15, 0.2) is 30.6 Å². The molecule has 3 aromatic rings. The van der Waals surface area contributed by atoms with Crippen molar-refractivity contribution in [2.24, 2.45) is 7.05 Å². The summed E-state index contributed by atoms with van der Waals surface area (Å²) in [6.07, 6.45) is 3.64. The molecule has 0 N–H and O–H groups in total. The van der Waals surface area contributed by atoms with Gasteiger partial charge in [0, 0.05) is 37.6 Å². The van der Waals surface area contributed by atoms with Crippen LogP contribution in [0.1, 0.15) is 0 Å². The van der Waals surface area contributed by atoms with Crippen LogP contribution in [0.2, 0.25) is 5.02 Å². The molecule has 6 nitrogen and oxygen atoms in total. The Morgan fingerprint density at radius 3 is 2.61 bits per heavy atom. The van der Waals surface area contributed by atoms with Gasteiger partial charge in [-0.25, -0.2) is 15.0 Å². The first kappa shape index (κ1) is 14.4. The maximum Gasteiger partial charge on any atom is 0.225 e. The van der Waals surface area contributed by atoms with Crippen LogP contribution in [0.25, 0.3) is 22.4 Å². The minimum absolute atomic E-state index is 0.682. The van der Waals surface area contributed by atoms with Gasteiger partial charge in [0.15, 0.2) is 0 Å². The molecular weight excluding hydrogens is 314 g/mol. The molecular formula is C16H16ClN5O. The number of fused-ring (bicyclic) bond motifs is 1. The first-order valence-electron chi connectivity index (χ1n) is 7.49. The molecule has 1 aliphatic heterocycles. The lowest BCUT2D eigenvalue weighted by Crippen LogP contribution is -2.37. The summed E-state index contributed by atoms with van der Waals surface area (Å²) in [5.41, 5.74) is 2.78. The maximum absolute atomic E-state index is 6.04. The van der Waals surface area contributed by atoms with Crippen LogP contribution in [0.4, 0.5) is 5.95 Å². The average molecular weight is 330 g/mol. The average Bonchev–Trinajstić information content (AvgIpc) is 2.92. The molecule has 1 saturated heterocycles. The number of halogens is 1. The Bertz CT molecular complexity index is 840. The molecule has 0 saturated carbocycles. The molecule has 0 unspecified atom stereocenters. The number of rotatable bonds is 2. The Kier molecular flexibility index (Phi) is 3.63. The van der Waals surface area contributed by atoms with Crippen molar-refractivity contribution < 1.29 is 4.74 Å². The fraction of sp³-hybridized carbons (Fsp3) is 0.312. The van der Waals surface area contributed by atoms with Crippen molar-refractivity contribution >= 4 is 28.6 Å². The summed E-state index contributed by atoms with van der Waals surface area (Å²) >= 11 is 6.04. The van der Waals surface area contributed by atoms with E-state index in [0.29, 0.717) is 5.02 Å². The molecule has 0 amide bonds. The largest absolute Gasteiger partial charge is 0.378 e.